The van der Waals surface area contributed by atoms with Crippen LogP contribution in [0.2, 0.25) is 0 Å². The Morgan fingerprint density at radius 2 is 2.29 bits per heavy atom. The number of nitrogens with zero attached hydrogens (tertiary/aromatic N) is 1. The molecule has 1 aliphatic carbocycles. The van der Waals surface area contributed by atoms with Crippen molar-refractivity contribution in [3.05, 3.63) is 21.7 Å². The zero-order chi connectivity index (χ0) is 10.3. The summed E-state index contributed by atoms with van der Waals surface area (Å²) in [6.07, 6.45) is 2.14. The molecule has 1 heterocycles. The number of rotatable bonds is 2. The summed E-state index contributed by atoms with van der Waals surface area (Å²) in [5.74, 6) is 0.570. The van der Waals surface area contributed by atoms with Gasteiger partial charge in [0.1, 0.15) is 5.82 Å². The maximum Gasteiger partial charge on any atom is 0.257 e. The Balaban J connectivity index is 2.39. The maximum absolute atomic E-state index is 11.3. The van der Waals surface area contributed by atoms with Crippen molar-refractivity contribution in [2.45, 2.75) is 25.8 Å². The lowest BCUT2D eigenvalue weighted by molar-refractivity contribution is 0.436. The molecule has 1 unspecified atom stereocenters. The molecule has 0 bridgehead atoms. The highest BCUT2D eigenvalue weighted by Gasteiger charge is 2.31. The molecule has 0 aromatic carbocycles. The molecule has 14 heavy (non-hydrogen) atoms. The van der Waals surface area contributed by atoms with Crippen LogP contribution in [0.3, 0.4) is 0 Å². The second-order valence-electron chi connectivity index (χ2n) is 3.76. The number of nitrogens with two attached hydrogens (primary N) is 1. The van der Waals surface area contributed by atoms with Crippen molar-refractivity contribution in [3.8, 4) is 5.88 Å². The van der Waals surface area contributed by atoms with E-state index in [1.807, 2.05) is 0 Å². The van der Waals surface area contributed by atoms with Crippen molar-refractivity contribution in [2.75, 3.05) is 0 Å². The van der Waals surface area contributed by atoms with Gasteiger partial charge in [0.2, 0.25) is 5.88 Å². The number of aromatic nitrogens is 2. The van der Waals surface area contributed by atoms with Crippen LogP contribution in [-0.4, -0.2) is 15.1 Å². The molecule has 1 saturated carbocycles. The van der Waals surface area contributed by atoms with E-state index < -0.39 is 0 Å². The molecule has 0 spiro atoms. The Hall–Kier alpha value is -1.36. The highest BCUT2D eigenvalue weighted by atomic mass is 16.3. The van der Waals surface area contributed by atoms with Gasteiger partial charge in [0.15, 0.2) is 0 Å². The molecule has 0 amide bonds. The van der Waals surface area contributed by atoms with Crippen LogP contribution >= 0.6 is 0 Å². The van der Waals surface area contributed by atoms with Gasteiger partial charge in [-0.2, -0.15) is 4.98 Å². The molecule has 76 valence electrons. The predicted octanol–water partition coefficient (Wildman–Crippen LogP) is 0.194. The quantitative estimate of drug-likeness (QED) is 0.628. The van der Waals surface area contributed by atoms with Crippen LogP contribution in [0.1, 0.15) is 30.3 Å². The molecule has 0 saturated heterocycles. The van der Waals surface area contributed by atoms with Gasteiger partial charge in [-0.15, -0.1) is 0 Å². The first-order chi connectivity index (χ1) is 6.59. The lowest BCUT2D eigenvalue weighted by Crippen LogP contribution is -2.22. The Kier molecular flexibility index (Phi) is 2.03. The molecular formula is C9H13N3O2. The molecule has 5 heteroatoms. The molecular weight excluding hydrogens is 182 g/mol. The molecule has 5 nitrogen and oxygen atoms in total. The van der Waals surface area contributed by atoms with Gasteiger partial charge in [-0.25, -0.2) is 0 Å². The van der Waals surface area contributed by atoms with Gasteiger partial charge in [0.05, 0.1) is 11.6 Å². The maximum atomic E-state index is 11.3. The summed E-state index contributed by atoms with van der Waals surface area (Å²) in [6, 6.07) is -0.255. The summed E-state index contributed by atoms with van der Waals surface area (Å²) in [5, 5.41) is 9.35. The molecule has 0 radical (unpaired) electrons. The summed E-state index contributed by atoms with van der Waals surface area (Å²) in [7, 11) is 0. The molecule has 1 atom stereocenters. The summed E-state index contributed by atoms with van der Waals surface area (Å²) < 4.78 is 0. The highest BCUT2D eigenvalue weighted by Crippen LogP contribution is 2.38. The minimum Gasteiger partial charge on any atom is -0.493 e. The summed E-state index contributed by atoms with van der Waals surface area (Å²) in [5.41, 5.74) is 5.76. The summed E-state index contributed by atoms with van der Waals surface area (Å²) >= 11 is 0. The molecule has 2 rings (SSSR count). The lowest BCUT2D eigenvalue weighted by atomic mass is 10.2. The first-order valence-electron chi connectivity index (χ1n) is 4.65. The van der Waals surface area contributed by atoms with Crippen LogP contribution in [0.5, 0.6) is 5.88 Å². The second-order valence-corrected chi connectivity index (χ2v) is 3.76. The van der Waals surface area contributed by atoms with E-state index in [0.717, 1.165) is 12.8 Å². The monoisotopic (exact) mass is 195 g/mol. The van der Waals surface area contributed by atoms with Crippen molar-refractivity contribution in [3.63, 3.8) is 0 Å². The Bertz CT molecular complexity index is 409. The fourth-order valence-electron chi connectivity index (χ4n) is 1.37. The third kappa shape index (κ3) is 1.50. The Labute approximate surface area is 81.0 Å². The molecule has 1 aromatic rings. The average molecular weight is 195 g/mol. The minimum absolute atomic E-state index is 0.222. The number of H-pyrrole nitrogens is 1. The SMILES string of the molecule is Cc1c(O)nc(C(N)C2CC2)[nH]c1=O. The predicted molar refractivity (Wildman–Crippen MR) is 50.9 cm³/mol. The number of nitrogens with one attached hydrogen (secondary N) is 1. The van der Waals surface area contributed by atoms with Crippen LogP contribution in [0, 0.1) is 12.8 Å². The summed E-state index contributed by atoms with van der Waals surface area (Å²) in [6.45, 7) is 1.52. The average Bonchev–Trinajstić information content (AvgIpc) is 2.95. The van der Waals surface area contributed by atoms with E-state index in [-0.39, 0.29) is 23.0 Å². The molecule has 0 aliphatic heterocycles. The zero-order valence-corrected chi connectivity index (χ0v) is 7.95. The van der Waals surface area contributed by atoms with Crippen LogP contribution in [-0.2, 0) is 0 Å². The van der Waals surface area contributed by atoms with Gasteiger partial charge in [0, 0.05) is 0 Å². The number of aromatic hydroxyl groups is 1. The van der Waals surface area contributed by atoms with Crippen molar-refractivity contribution >= 4 is 0 Å². The number of hydrogen-bond acceptors (Lipinski definition) is 4. The first kappa shape index (κ1) is 9.21. The largest absolute Gasteiger partial charge is 0.493 e. The topological polar surface area (TPSA) is 92.0 Å². The van der Waals surface area contributed by atoms with E-state index >= 15 is 0 Å². The van der Waals surface area contributed by atoms with Crippen LogP contribution in [0.15, 0.2) is 4.79 Å². The van der Waals surface area contributed by atoms with Crippen LogP contribution < -0.4 is 11.3 Å². The van der Waals surface area contributed by atoms with E-state index in [9.17, 15) is 9.90 Å². The molecule has 1 aromatic heterocycles. The van der Waals surface area contributed by atoms with Gasteiger partial charge in [-0.05, 0) is 25.7 Å². The van der Waals surface area contributed by atoms with E-state index in [1.165, 1.54) is 6.92 Å². The molecule has 1 aliphatic rings. The van der Waals surface area contributed by atoms with Gasteiger partial charge in [-0.3, -0.25) is 4.79 Å². The molecule has 4 N–H and O–H groups in total. The second kappa shape index (κ2) is 3.09. The van der Waals surface area contributed by atoms with Crippen molar-refractivity contribution in [2.24, 2.45) is 11.7 Å². The van der Waals surface area contributed by atoms with E-state index in [0.29, 0.717) is 11.7 Å². The number of hydrogen-bond donors (Lipinski definition) is 3. The standard InChI is InChI=1S/C9H13N3O2/c1-4-8(13)11-7(12-9(4)14)6(10)5-2-3-5/h5-6H,2-3,10H2,1H3,(H2,11,12,13,14). The first-order valence-corrected chi connectivity index (χ1v) is 4.65. The van der Waals surface area contributed by atoms with Crippen LogP contribution in [0.4, 0.5) is 0 Å². The minimum atomic E-state index is -0.316. The fourth-order valence-corrected chi connectivity index (χ4v) is 1.37. The molecule has 1 fully saturated rings. The lowest BCUT2D eigenvalue weighted by Gasteiger charge is -2.09. The third-order valence-corrected chi connectivity index (χ3v) is 2.59. The van der Waals surface area contributed by atoms with Crippen molar-refractivity contribution < 1.29 is 5.11 Å². The Morgan fingerprint density at radius 3 is 2.79 bits per heavy atom. The third-order valence-electron chi connectivity index (χ3n) is 2.59. The van der Waals surface area contributed by atoms with Gasteiger partial charge >= 0.3 is 0 Å². The normalized spacial score (nSPS) is 18.1. The fraction of sp³-hybridized carbons (Fsp3) is 0.556. The van der Waals surface area contributed by atoms with Crippen molar-refractivity contribution in [1.29, 1.82) is 0 Å². The summed E-state index contributed by atoms with van der Waals surface area (Å²) in [4.78, 5) is 17.8. The van der Waals surface area contributed by atoms with E-state index in [2.05, 4.69) is 9.97 Å². The van der Waals surface area contributed by atoms with Gasteiger partial charge < -0.3 is 15.8 Å². The number of aromatic amines is 1. The highest BCUT2D eigenvalue weighted by molar-refractivity contribution is 5.21. The van der Waals surface area contributed by atoms with Crippen LogP contribution in [0.25, 0.3) is 0 Å². The van der Waals surface area contributed by atoms with E-state index in [4.69, 9.17) is 5.73 Å². The smallest absolute Gasteiger partial charge is 0.257 e. The van der Waals surface area contributed by atoms with Gasteiger partial charge in [0.25, 0.3) is 5.56 Å². The zero-order valence-electron chi connectivity index (χ0n) is 7.95. The van der Waals surface area contributed by atoms with Gasteiger partial charge in [-0.1, -0.05) is 0 Å². The Morgan fingerprint density at radius 1 is 1.64 bits per heavy atom. The van der Waals surface area contributed by atoms with Crippen molar-refractivity contribution in [1.82, 2.24) is 9.97 Å². The van der Waals surface area contributed by atoms with E-state index in [1.54, 1.807) is 0 Å².